The van der Waals surface area contributed by atoms with Crippen LogP contribution in [0, 0.1) is 0 Å². The van der Waals surface area contributed by atoms with Crippen LogP contribution in [0.5, 0.6) is 0 Å². The van der Waals surface area contributed by atoms with Gasteiger partial charge in [-0.05, 0) is 12.8 Å². The number of likely N-dealkylation sites (N-methyl/N-ethyl adjacent to an activating group) is 1. The molecule has 0 aliphatic heterocycles. The molecule has 0 atom stereocenters. The topological polar surface area (TPSA) is 126 Å². The van der Waals surface area contributed by atoms with Crippen molar-refractivity contribution in [2.45, 2.75) is 25.7 Å². The van der Waals surface area contributed by atoms with Gasteiger partial charge in [-0.15, -0.1) is 0 Å². The average Bonchev–Trinajstić information content (AvgIpc) is 2.65. The molecule has 0 aliphatic carbocycles. The summed E-state index contributed by atoms with van der Waals surface area (Å²) in [4.78, 5) is 40.4. The number of hydrogen-bond donors (Lipinski definition) is 4. The molecule has 0 heterocycles. The van der Waals surface area contributed by atoms with Gasteiger partial charge in [-0.2, -0.15) is 0 Å². The highest BCUT2D eigenvalue weighted by molar-refractivity contribution is 7.39. The molecule has 0 aromatic carbocycles. The number of alkyl carbamates (subject to hydrolysis) is 1. The Bertz CT molecular complexity index is 465. The molecule has 0 saturated heterocycles. The third-order valence-electron chi connectivity index (χ3n) is 4.00. The molecule has 0 radical (unpaired) electrons. The molecule has 0 rings (SSSR count). The van der Waals surface area contributed by atoms with Crippen molar-refractivity contribution in [3.05, 3.63) is 12.7 Å². The van der Waals surface area contributed by atoms with E-state index in [2.05, 4.69) is 17.2 Å². The lowest BCUT2D eigenvalue weighted by Gasteiger charge is -2.29. The molecule has 4 N–H and O–H groups in total. The number of carbonyl (C=O) groups excluding carboxylic acids is 2. The summed E-state index contributed by atoms with van der Waals surface area (Å²) in [5.74, 6) is -0.00952. The minimum atomic E-state index is -2.30. The van der Waals surface area contributed by atoms with Gasteiger partial charge in [-0.1, -0.05) is 19.1 Å². The van der Waals surface area contributed by atoms with E-state index in [1.807, 2.05) is 14.1 Å². The molecule has 29 heavy (non-hydrogen) atoms. The minimum absolute atomic E-state index is 0.00952. The van der Waals surface area contributed by atoms with Crippen LogP contribution in [0.4, 0.5) is 4.79 Å². The normalized spacial score (nSPS) is 11.3. The van der Waals surface area contributed by atoms with E-state index in [4.69, 9.17) is 23.8 Å². The monoisotopic (exact) mass is 438 g/mol. The standard InChI is InChI=1S/C18H36N3O7P/c1-4-13-27-18(23)20-9-7-5-6-8-17(22)19-10-14-26-15-11-21(2,3)12-16-28-29(24)25/h4,24-25H,1,5-16H2,2-3H3,(H-,19,20,22,23)/p+1. The molecule has 0 spiro atoms. The highest BCUT2D eigenvalue weighted by Crippen LogP contribution is 2.23. The Labute approximate surface area is 174 Å². The first-order chi connectivity index (χ1) is 13.8. The molecular weight excluding hydrogens is 401 g/mol. The predicted octanol–water partition coefficient (Wildman–Crippen LogP) is 0.896. The minimum Gasteiger partial charge on any atom is -0.445 e. The lowest BCUT2D eigenvalue weighted by atomic mass is 10.2. The first-order valence-electron chi connectivity index (χ1n) is 9.75. The number of hydrogen-bond acceptors (Lipinski definition) is 7. The van der Waals surface area contributed by atoms with Crippen molar-refractivity contribution >= 4 is 20.6 Å². The van der Waals surface area contributed by atoms with E-state index in [9.17, 15) is 9.59 Å². The van der Waals surface area contributed by atoms with Gasteiger partial charge in [0.1, 0.15) is 26.3 Å². The van der Waals surface area contributed by atoms with E-state index < -0.39 is 14.7 Å². The van der Waals surface area contributed by atoms with Crippen LogP contribution in [-0.2, 0) is 18.8 Å². The highest BCUT2D eigenvalue weighted by atomic mass is 31.2. The van der Waals surface area contributed by atoms with Crippen molar-refractivity contribution in [2.24, 2.45) is 0 Å². The second-order valence-corrected chi connectivity index (χ2v) is 7.82. The third kappa shape index (κ3) is 19.8. The van der Waals surface area contributed by atoms with Crippen molar-refractivity contribution in [1.29, 1.82) is 0 Å². The molecular formula is C18H37N3O7P+. The number of amides is 2. The molecule has 170 valence electrons. The first-order valence-corrected chi connectivity index (χ1v) is 10.9. The fourth-order valence-electron chi connectivity index (χ4n) is 2.21. The second-order valence-electron chi connectivity index (χ2n) is 7.06. The van der Waals surface area contributed by atoms with Crippen LogP contribution in [0.1, 0.15) is 25.7 Å². The predicted molar refractivity (Wildman–Crippen MR) is 111 cm³/mol. The first kappa shape index (κ1) is 27.7. The van der Waals surface area contributed by atoms with Gasteiger partial charge in [-0.25, -0.2) is 4.79 Å². The lowest BCUT2D eigenvalue weighted by molar-refractivity contribution is -0.890. The maximum atomic E-state index is 11.7. The van der Waals surface area contributed by atoms with Gasteiger partial charge in [-0.3, -0.25) is 4.79 Å². The summed E-state index contributed by atoms with van der Waals surface area (Å²) in [7, 11) is 1.71. The van der Waals surface area contributed by atoms with E-state index in [0.717, 1.165) is 25.8 Å². The number of nitrogens with zero attached hydrogens (tertiary/aromatic N) is 1. The summed E-state index contributed by atoms with van der Waals surface area (Å²) in [6, 6.07) is 0. The number of carbonyl (C=O) groups is 2. The van der Waals surface area contributed by atoms with Gasteiger partial charge in [0.05, 0.1) is 27.3 Å². The van der Waals surface area contributed by atoms with Crippen LogP contribution in [0.25, 0.3) is 0 Å². The zero-order valence-corrected chi connectivity index (χ0v) is 18.5. The Morgan fingerprint density at radius 2 is 1.76 bits per heavy atom. The van der Waals surface area contributed by atoms with Gasteiger partial charge in [0.15, 0.2) is 0 Å². The average molecular weight is 438 g/mol. The van der Waals surface area contributed by atoms with Crippen LogP contribution in [0.3, 0.4) is 0 Å². The van der Waals surface area contributed by atoms with Crippen LogP contribution >= 0.6 is 8.60 Å². The van der Waals surface area contributed by atoms with Crippen molar-refractivity contribution < 1.29 is 37.9 Å². The van der Waals surface area contributed by atoms with Crippen molar-refractivity contribution in [1.82, 2.24) is 10.6 Å². The summed E-state index contributed by atoms with van der Waals surface area (Å²) in [5, 5.41) is 5.45. The summed E-state index contributed by atoms with van der Waals surface area (Å²) in [6.07, 6.45) is 3.89. The quantitative estimate of drug-likeness (QED) is 0.108. The van der Waals surface area contributed by atoms with E-state index in [-0.39, 0.29) is 19.1 Å². The van der Waals surface area contributed by atoms with E-state index in [1.54, 1.807) is 0 Å². The van der Waals surface area contributed by atoms with Crippen LogP contribution in [0.2, 0.25) is 0 Å². The fraction of sp³-hybridized carbons (Fsp3) is 0.778. The Balaban J connectivity index is 3.49. The molecule has 0 aromatic heterocycles. The van der Waals surface area contributed by atoms with E-state index >= 15 is 0 Å². The van der Waals surface area contributed by atoms with Crippen molar-refractivity contribution in [2.75, 3.05) is 66.7 Å². The third-order valence-corrected chi connectivity index (χ3v) is 4.41. The van der Waals surface area contributed by atoms with Gasteiger partial charge in [0, 0.05) is 19.5 Å². The highest BCUT2D eigenvalue weighted by Gasteiger charge is 2.15. The zero-order valence-electron chi connectivity index (χ0n) is 17.6. The molecule has 0 aromatic rings. The maximum absolute atomic E-state index is 11.7. The molecule has 0 bridgehead atoms. The van der Waals surface area contributed by atoms with Crippen LogP contribution < -0.4 is 10.6 Å². The number of nitrogens with one attached hydrogen (secondary N) is 2. The molecule has 10 nitrogen and oxygen atoms in total. The van der Waals surface area contributed by atoms with Crippen molar-refractivity contribution in [3.63, 3.8) is 0 Å². The number of ether oxygens (including phenoxy) is 2. The maximum Gasteiger partial charge on any atom is 0.407 e. The summed E-state index contributed by atoms with van der Waals surface area (Å²) < 4.78 is 15.7. The Hall–Kier alpha value is -1.29. The Morgan fingerprint density at radius 1 is 1.03 bits per heavy atom. The van der Waals surface area contributed by atoms with Crippen molar-refractivity contribution in [3.8, 4) is 0 Å². The van der Waals surface area contributed by atoms with Gasteiger partial charge in [0.25, 0.3) is 0 Å². The van der Waals surface area contributed by atoms with Gasteiger partial charge >= 0.3 is 14.7 Å². The Morgan fingerprint density at radius 3 is 2.45 bits per heavy atom. The number of quaternary nitrogens is 1. The second kappa shape index (κ2) is 17.6. The largest absolute Gasteiger partial charge is 0.445 e. The summed E-state index contributed by atoms with van der Waals surface area (Å²) in [5.41, 5.74) is 0. The zero-order chi connectivity index (χ0) is 22.0. The van der Waals surface area contributed by atoms with Crippen LogP contribution in [-0.4, -0.2) is 93.0 Å². The SMILES string of the molecule is C=CCOC(=O)NCCCCCC(=O)NCCOCC[N+](C)(C)CCOP(O)O. The van der Waals surface area contributed by atoms with Gasteiger partial charge in [0.2, 0.25) is 5.91 Å². The Kier molecular flexibility index (Phi) is 16.8. The molecule has 11 heteroatoms. The van der Waals surface area contributed by atoms with Crippen LogP contribution in [0.15, 0.2) is 12.7 Å². The molecule has 0 saturated carbocycles. The van der Waals surface area contributed by atoms with E-state index in [0.29, 0.717) is 43.8 Å². The molecule has 0 aliphatic rings. The lowest BCUT2D eigenvalue weighted by Crippen LogP contribution is -2.44. The molecule has 2 amide bonds. The smallest absolute Gasteiger partial charge is 0.407 e. The molecule has 0 fully saturated rings. The number of rotatable bonds is 18. The molecule has 0 unspecified atom stereocenters. The summed E-state index contributed by atoms with van der Waals surface area (Å²) >= 11 is 0. The fourth-order valence-corrected chi connectivity index (χ4v) is 2.45. The summed E-state index contributed by atoms with van der Waals surface area (Å²) in [6.45, 7) is 7.29. The van der Waals surface area contributed by atoms with Gasteiger partial charge < -0.3 is 38.9 Å². The van der Waals surface area contributed by atoms with E-state index in [1.165, 1.54) is 6.08 Å². The number of unbranched alkanes of at least 4 members (excludes halogenated alkanes) is 2.